The van der Waals surface area contributed by atoms with Crippen molar-refractivity contribution in [1.29, 1.82) is 0 Å². The first-order valence-corrected chi connectivity index (χ1v) is 14.3. The molecule has 4 aromatic heterocycles. The number of benzene rings is 5. The van der Waals surface area contributed by atoms with Gasteiger partial charge in [-0.2, -0.15) is 4.98 Å². The Bertz CT molecular complexity index is 2380. The molecule has 0 aliphatic rings. The summed E-state index contributed by atoms with van der Waals surface area (Å²) < 4.78 is 11.3. The van der Waals surface area contributed by atoms with Crippen molar-refractivity contribution in [3.8, 4) is 34.3 Å². The summed E-state index contributed by atoms with van der Waals surface area (Å²) in [6.07, 6.45) is 3.72. The number of pyridine rings is 1. The molecule has 5 nitrogen and oxygen atoms in total. The van der Waals surface area contributed by atoms with Gasteiger partial charge in [-0.25, -0.2) is 0 Å². The monoisotopic (exact) mass is 552 g/mol. The number of para-hydroxylation sites is 2. The molecule has 0 bridgehead atoms. The number of hydrogen-bond acceptors (Lipinski definition) is 3. The molecule has 0 radical (unpaired) electrons. The van der Waals surface area contributed by atoms with Gasteiger partial charge in [-0.1, -0.05) is 103 Å². The van der Waals surface area contributed by atoms with Crippen LogP contribution in [0.15, 0.2) is 150 Å². The van der Waals surface area contributed by atoms with Gasteiger partial charge in [-0.05, 0) is 30.3 Å². The van der Waals surface area contributed by atoms with E-state index < -0.39 is 0 Å². The number of aromatic nitrogens is 4. The fourth-order valence-electron chi connectivity index (χ4n) is 6.45. The summed E-state index contributed by atoms with van der Waals surface area (Å²) in [4.78, 5) is 9.67. The zero-order valence-electron chi connectivity index (χ0n) is 23.1. The highest BCUT2D eigenvalue weighted by molar-refractivity contribution is 6.26. The topological polar surface area (TPSA) is 48.8 Å². The predicted molar refractivity (Wildman–Crippen MR) is 174 cm³/mol. The number of rotatable bonds is 4. The summed E-state index contributed by atoms with van der Waals surface area (Å²) in [7, 11) is 0. The van der Waals surface area contributed by atoms with Gasteiger partial charge in [0.05, 0.1) is 34.0 Å². The van der Waals surface area contributed by atoms with Crippen molar-refractivity contribution < 1.29 is 4.42 Å². The molecule has 0 aliphatic heterocycles. The Morgan fingerprint density at radius 1 is 0.512 bits per heavy atom. The van der Waals surface area contributed by atoms with Crippen LogP contribution in [0.5, 0.6) is 0 Å². The molecule has 4 heterocycles. The minimum Gasteiger partial charge on any atom is -0.422 e. The lowest BCUT2D eigenvalue weighted by molar-refractivity contribution is 0.548. The van der Waals surface area contributed by atoms with Crippen molar-refractivity contribution in [3.05, 3.63) is 146 Å². The average Bonchev–Trinajstić information content (AvgIpc) is 3.76. The SMILES string of the molecule is c1ccc(-c2nc(-n3c4ccccc4c4ccc5c(c6ccccc6n5-c5cccnc5)c43)oc2-c2ccccc2)cc1. The Labute approximate surface area is 246 Å². The van der Waals surface area contributed by atoms with Gasteiger partial charge in [0.25, 0.3) is 0 Å². The second-order valence-electron chi connectivity index (χ2n) is 10.7. The van der Waals surface area contributed by atoms with E-state index >= 15 is 0 Å². The van der Waals surface area contributed by atoms with Crippen LogP contribution in [-0.4, -0.2) is 19.1 Å². The highest BCUT2D eigenvalue weighted by Gasteiger charge is 2.24. The first-order valence-electron chi connectivity index (χ1n) is 14.3. The minimum absolute atomic E-state index is 0.537. The third kappa shape index (κ3) is 3.52. The van der Waals surface area contributed by atoms with Gasteiger partial charge in [-0.15, -0.1) is 0 Å². The summed E-state index contributed by atoms with van der Waals surface area (Å²) in [5.74, 6) is 0.748. The third-order valence-electron chi connectivity index (χ3n) is 8.26. The van der Waals surface area contributed by atoms with E-state index in [2.05, 4.69) is 105 Å². The predicted octanol–water partition coefficient (Wildman–Crippen LogP) is 9.60. The molecule has 5 heteroatoms. The van der Waals surface area contributed by atoms with Crippen LogP contribution >= 0.6 is 0 Å². The zero-order chi connectivity index (χ0) is 28.3. The number of nitrogens with zero attached hydrogens (tertiary/aromatic N) is 4. The van der Waals surface area contributed by atoms with Gasteiger partial charge < -0.3 is 8.98 Å². The second kappa shape index (κ2) is 9.29. The fourth-order valence-corrected chi connectivity index (χ4v) is 6.45. The minimum atomic E-state index is 0.537. The summed E-state index contributed by atoms with van der Waals surface area (Å²) in [5.41, 5.74) is 8.17. The Balaban J connectivity index is 1.45. The van der Waals surface area contributed by atoms with Gasteiger partial charge >= 0.3 is 6.01 Å². The average molecular weight is 553 g/mol. The molecule has 0 N–H and O–H groups in total. The first kappa shape index (κ1) is 23.7. The number of fused-ring (bicyclic) bond motifs is 7. The maximum atomic E-state index is 6.80. The normalized spacial score (nSPS) is 11.7. The van der Waals surface area contributed by atoms with E-state index in [1.807, 2.05) is 54.9 Å². The van der Waals surface area contributed by atoms with Crippen LogP contribution in [0.4, 0.5) is 0 Å². The Hall–Kier alpha value is -5.94. The standard InChI is InChI=1S/C38H24N4O/c1-3-12-25(13-4-1)35-37(26-14-5-2-6-15-26)43-38(40-35)42-31-19-9-7-17-28(31)29-21-22-33-34(36(29)42)30-18-8-10-20-32(30)41(33)27-16-11-23-39-24-27/h1-24H. The zero-order valence-corrected chi connectivity index (χ0v) is 23.1. The van der Waals surface area contributed by atoms with E-state index in [9.17, 15) is 0 Å². The highest BCUT2D eigenvalue weighted by atomic mass is 16.4. The van der Waals surface area contributed by atoms with E-state index in [-0.39, 0.29) is 0 Å². The van der Waals surface area contributed by atoms with E-state index in [0.29, 0.717) is 6.01 Å². The Morgan fingerprint density at radius 3 is 1.93 bits per heavy atom. The molecule has 9 rings (SSSR count). The van der Waals surface area contributed by atoms with E-state index in [1.165, 1.54) is 0 Å². The molecule has 0 aliphatic carbocycles. The van der Waals surface area contributed by atoms with E-state index in [4.69, 9.17) is 9.40 Å². The van der Waals surface area contributed by atoms with Crippen molar-refractivity contribution in [2.24, 2.45) is 0 Å². The quantitative estimate of drug-likeness (QED) is 0.218. The van der Waals surface area contributed by atoms with Gasteiger partial charge in [0.2, 0.25) is 0 Å². The molecule has 0 unspecified atom stereocenters. The molecule has 0 saturated heterocycles. The summed E-state index contributed by atoms with van der Waals surface area (Å²) in [5, 5.41) is 4.61. The van der Waals surface area contributed by atoms with Crippen LogP contribution in [-0.2, 0) is 0 Å². The van der Waals surface area contributed by atoms with Crippen molar-refractivity contribution in [3.63, 3.8) is 0 Å². The second-order valence-corrected chi connectivity index (χ2v) is 10.7. The molecule has 9 aromatic rings. The lowest BCUT2D eigenvalue weighted by Gasteiger charge is -2.07. The Kier molecular flexibility index (Phi) is 5.13. The largest absolute Gasteiger partial charge is 0.422 e. The van der Waals surface area contributed by atoms with Crippen LogP contribution in [0.25, 0.3) is 77.9 Å². The third-order valence-corrected chi connectivity index (χ3v) is 8.26. The van der Waals surface area contributed by atoms with Gasteiger partial charge in [0.1, 0.15) is 5.69 Å². The van der Waals surface area contributed by atoms with Crippen molar-refractivity contribution >= 4 is 43.6 Å². The Morgan fingerprint density at radius 2 is 1.19 bits per heavy atom. The van der Waals surface area contributed by atoms with Gasteiger partial charge in [-0.3, -0.25) is 9.55 Å². The summed E-state index contributed by atoms with van der Waals surface area (Å²) in [6, 6.07) is 46.6. The molecule has 43 heavy (non-hydrogen) atoms. The molecule has 0 spiro atoms. The van der Waals surface area contributed by atoms with Crippen molar-refractivity contribution in [2.75, 3.05) is 0 Å². The molecule has 0 fully saturated rings. The fraction of sp³-hybridized carbons (Fsp3) is 0. The van der Waals surface area contributed by atoms with E-state index in [1.54, 1.807) is 0 Å². The maximum Gasteiger partial charge on any atom is 0.307 e. The number of hydrogen-bond donors (Lipinski definition) is 0. The molecular weight excluding hydrogens is 528 g/mol. The first-order chi connectivity index (χ1) is 21.4. The van der Waals surface area contributed by atoms with Crippen LogP contribution < -0.4 is 0 Å². The number of oxazole rings is 1. The van der Waals surface area contributed by atoms with Crippen molar-refractivity contribution in [1.82, 2.24) is 19.1 Å². The highest BCUT2D eigenvalue weighted by Crippen LogP contribution is 2.43. The molecule has 0 saturated carbocycles. The lowest BCUT2D eigenvalue weighted by atomic mass is 10.1. The molecular formula is C38H24N4O. The van der Waals surface area contributed by atoms with Gasteiger partial charge in [0.15, 0.2) is 5.76 Å². The lowest BCUT2D eigenvalue weighted by Crippen LogP contribution is -1.96. The summed E-state index contributed by atoms with van der Waals surface area (Å²) >= 11 is 0. The van der Waals surface area contributed by atoms with Gasteiger partial charge in [0, 0.05) is 38.9 Å². The maximum absolute atomic E-state index is 6.80. The van der Waals surface area contributed by atoms with E-state index in [0.717, 1.165) is 71.9 Å². The smallest absolute Gasteiger partial charge is 0.307 e. The van der Waals surface area contributed by atoms with Crippen LogP contribution in [0.2, 0.25) is 0 Å². The molecule has 5 aromatic carbocycles. The van der Waals surface area contributed by atoms with Crippen molar-refractivity contribution in [2.45, 2.75) is 0 Å². The van der Waals surface area contributed by atoms with Crippen LogP contribution in [0, 0.1) is 0 Å². The summed E-state index contributed by atoms with van der Waals surface area (Å²) in [6.45, 7) is 0. The molecule has 202 valence electrons. The van der Waals surface area contributed by atoms with Crippen LogP contribution in [0.3, 0.4) is 0 Å². The van der Waals surface area contributed by atoms with Crippen LogP contribution in [0.1, 0.15) is 0 Å². The molecule has 0 atom stereocenters. The molecule has 0 amide bonds.